The highest BCUT2D eigenvalue weighted by Crippen LogP contribution is 2.11. The summed E-state index contributed by atoms with van der Waals surface area (Å²) in [5, 5.41) is 7.45. The van der Waals surface area contributed by atoms with E-state index in [1.807, 2.05) is 45.4 Å². The number of guanidine groups is 1. The molecule has 0 bridgehead atoms. The maximum absolute atomic E-state index is 4.91. The van der Waals surface area contributed by atoms with Crippen LogP contribution in [-0.4, -0.2) is 77.8 Å². The number of aromatic nitrogens is 3. The maximum atomic E-state index is 4.91. The van der Waals surface area contributed by atoms with Crippen molar-refractivity contribution in [3.8, 4) is 0 Å². The summed E-state index contributed by atoms with van der Waals surface area (Å²) in [6.07, 6.45) is 3.53. The number of aliphatic imine (C=N–C) groups is 1. The molecule has 1 N–H and O–H groups in total. The van der Waals surface area contributed by atoms with Gasteiger partial charge in [-0.25, -0.2) is 4.98 Å². The number of hydrogen-bond acceptors (Lipinski definition) is 6. The van der Waals surface area contributed by atoms with Crippen molar-refractivity contribution in [3.05, 3.63) is 29.9 Å². The molecule has 1 saturated heterocycles. The van der Waals surface area contributed by atoms with Gasteiger partial charge in [-0.05, 0) is 0 Å². The number of anilines is 1. The molecule has 0 unspecified atom stereocenters. The van der Waals surface area contributed by atoms with Crippen LogP contribution in [0.1, 0.15) is 11.4 Å². The summed E-state index contributed by atoms with van der Waals surface area (Å²) in [5.74, 6) is 1.87. The molecule has 0 amide bonds. The van der Waals surface area contributed by atoms with Gasteiger partial charge < -0.3 is 24.2 Å². The topological polar surface area (TPSA) is 78.0 Å². The first-order chi connectivity index (χ1) is 12.6. The van der Waals surface area contributed by atoms with Gasteiger partial charge in [-0.15, -0.1) is 0 Å². The van der Waals surface area contributed by atoms with E-state index in [1.54, 1.807) is 6.26 Å². The second kappa shape index (κ2) is 8.22. The van der Waals surface area contributed by atoms with Crippen LogP contribution in [0.2, 0.25) is 0 Å². The lowest BCUT2D eigenvalue weighted by Crippen LogP contribution is -2.52. The molecule has 0 spiro atoms. The van der Waals surface area contributed by atoms with Gasteiger partial charge in [0, 0.05) is 67.0 Å². The molecule has 0 aliphatic carbocycles. The summed E-state index contributed by atoms with van der Waals surface area (Å²) in [6.45, 7) is 5.35. The Kier molecular flexibility index (Phi) is 5.77. The predicted octanol–water partition coefficient (Wildman–Crippen LogP) is 0.367. The number of rotatable bonds is 5. The van der Waals surface area contributed by atoms with E-state index in [-0.39, 0.29) is 0 Å². The van der Waals surface area contributed by atoms with Crippen LogP contribution in [0, 0.1) is 0 Å². The van der Waals surface area contributed by atoms with E-state index < -0.39 is 0 Å². The van der Waals surface area contributed by atoms with Crippen LogP contribution < -0.4 is 10.2 Å². The molecule has 1 aliphatic heterocycles. The zero-order valence-electron chi connectivity index (χ0n) is 16.0. The van der Waals surface area contributed by atoms with Gasteiger partial charge in [0.15, 0.2) is 5.96 Å². The summed E-state index contributed by atoms with van der Waals surface area (Å²) in [5.41, 5.74) is 2.10. The zero-order chi connectivity index (χ0) is 18.5. The van der Waals surface area contributed by atoms with E-state index in [1.165, 1.54) is 0 Å². The average Bonchev–Trinajstić information content (AvgIpc) is 3.27. The van der Waals surface area contributed by atoms with Crippen LogP contribution >= 0.6 is 0 Å². The van der Waals surface area contributed by atoms with Gasteiger partial charge in [0.05, 0.1) is 24.1 Å². The van der Waals surface area contributed by atoms with Crippen molar-refractivity contribution in [1.82, 2.24) is 29.8 Å². The fourth-order valence-corrected chi connectivity index (χ4v) is 3.18. The van der Waals surface area contributed by atoms with Crippen molar-refractivity contribution in [2.75, 3.05) is 52.2 Å². The van der Waals surface area contributed by atoms with Crippen LogP contribution in [0.15, 0.2) is 28.0 Å². The first kappa shape index (κ1) is 18.2. The first-order valence-electron chi connectivity index (χ1n) is 8.83. The van der Waals surface area contributed by atoms with Crippen molar-refractivity contribution >= 4 is 11.9 Å². The third kappa shape index (κ3) is 4.16. The van der Waals surface area contributed by atoms with E-state index in [0.29, 0.717) is 6.54 Å². The van der Waals surface area contributed by atoms with E-state index in [0.717, 1.165) is 56.0 Å². The minimum Gasteiger partial charge on any atom is -0.364 e. The van der Waals surface area contributed by atoms with Crippen molar-refractivity contribution in [2.24, 2.45) is 12.0 Å². The highest BCUT2D eigenvalue weighted by Gasteiger charge is 2.20. The van der Waals surface area contributed by atoms with E-state index in [2.05, 4.69) is 34.8 Å². The van der Waals surface area contributed by atoms with Crippen LogP contribution in [0.4, 0.5) is 5.95 Å². The lowest BCUT2D eigenvalue weighted by atomic mass is 10.3. The van der Waals surface area contributed by atoms with Gasteiger partial charge >= 0.3 is 0 Å². The summed E-state index contributed by atoms with van der Waals surface area (Å²) in [6, 6.07) is 1.92. The number of nitrogens with one attached hydrogen (secondary N) is 1. The Bertz CT molecular complexity index is 713. The molecule has 3 rings (SSSR count). The fourth-order valence-electron chi connectivity index (χ4n) is 3.18. The summed E-state index contributed by atoms with van der Waals surface area (Å²) in [4.78, 5) is 15.6. The number of hydrogen-bond donors (Lipinski definition) is 1. The molecule has 2 aromatic rings. The Morgan fingerprint density at radius 1 is 1.31 bits per heavy atom. The Morgan fingerprint density at radius 3 is 2.65 bits per heavy atom. The smallest absolute Gasteiger partial charge is 0.204 e. The molecule has 0 saturated carbocycles. The molecule has 2 aromatic heterocycles. The molecule has 3 heterocycles. The molecule has 9 heteroatoms. The van der Waals surface area contributed by atoms with Gasteiger partial charge in [0.2, 0.25) is 5.95 Å². The van der Waals surface area contributed by atoms with E-state index in [9.17, 15) is 0 Å². The van der Waals surface area contributed by atoms with E-state index in [4.69, 9.17) is 4.52 Å². The Morgan fingerprint density at radius 2 is 2.08 bits per heavy atom. The normalized spacial score (nSPS) is 16.2. The molecule has 9 nitrogen and oxygen atoms in total. The quantitative estimate of drug-likeness (QED) is 0.610. The van der Waals surface area contributed by atoms with E-state index >= 15 is 0 Å². The van der Waals surface area contributed by atoms with Crippen LogP contribution in [0.25, 0.3) is 0 Å². The second-order valence-corrected chi connectivity index (χ2v) is 6.66. The first-order valence-corrected chi connectivity index (χ1v) is 8.83. The number of imidazole rings is 1. The van der Waals surface area contributed by atoms with Crippen LogP contribution in [-0.2, 0) is 20.1 Å². The van der Waals surface area contributed by atoms with Crippen molar-refractivity contribution in [3.63, 3.8) is 0 Å². The Labute approximate surface area is 154 Å². The minimum atomic E-state index is 0.698. The van der Waals surface area contributed by atoms with Crippen LogP contribution in [0.5, 0.6) is 0 Å². The average molecular weight is 360 g/mol. The Balaban J connectivity index is 1.51. The summed E-state index contributed by atoms with van der Waals surface area (Å²) < 4.78 is 7.00. The highest BCUT2D eigenvalue weighted by atomic mass is 16.5. The minimum absolute atomic E-state index is 0.698. The third-order valence-corrected chi connectivity index (χ3v) is 4.65. The van der Waals surface area contributed by atoms with Gasteiger partial charge in [0.25, 0.3) is 0 Å². The molecule has 0 aromatic carbocycles. The zero-order valence-corrected chi connectivity index (χ0v) is 16.0. The van der Waals surface area contributed by atoms with Gasteiger partial charge in [-0.1, -0.05) is 5.16 Å². The fraction of sp³-hybridized carbons (Fsp3) is 0.588. The number of piperazine rings is 1. The Hall–Kier alpha value is -2.55. The maximum Gasteiger partial charge on any atom is 0.204 e. The molecule has 1 fully saturated rings. The lowest BCUT2D eigenvalue weighted by Gasteiger charge is -2.36. The lowest BCUT2D eigenvalue weighted by molar-refractivity contribution is 0.169. The predicted molar refractivity (Wildman–Crippen MR) is 101 cm³/mol. The number of nitrogens with zero attached hydrogens (tertiary/aromatic N) is 7. The molecule has 142 valence electrons. The molecule has 0 atom stereocenters. The molecular formula is C17H28N8O. The molecule has 0 radical (unpaired) electrons. The van der Waals surface area contributed by atoms with Gasteiger partial charge in [-0.3, -0.25) is 9.89 Å². The largest absolute Gasteiger partial charge is 0.364 e. The molecule has 26 heavy (non-hydrogen) atoms. The molecule has 1 aliphatic rings. The highest BCUT2D eigenvalue weighted by molar-refractivity contribution is 5.80. The summed E-state index contributed by atoms with van der Waals surface area (Å²) >= 11 is 0. The van der Waals surface area contributed by atoms with Crippen molar-refractivity contribution < 1.29 is 4.52 Å². The van der Waals surface area contributed by atoms with Crippen molar-refractivity contribution in [1.29, 1.82) is 0 Å². The van der Waals surface area contributed by atoms with Gasteiger partial charge in [-0.2, -0.15) is 0 Å². The SMILES string of the molecule is CN=C(NCc1cnc(N(C)C)n1C)N1CCN(Cc2ccon2)CC1. The third-order valence-electron chi connectivity index (χ3n) is 4.65. The monoisotopic (exact) mass is 360 g/mol. The summed E-state index contributed by atoms with van der Waals surface area (Å²) in [7, 11) is 7.86. The molecular weight excluding hydrogens is 332 g/mol. The second-order valence-electron chi connectivity index (χ2n) is 6.66. The van der Waals surface area contributed by atoms with Crippen molar-refractivity contribution in [2.45, 2.75) is 13.1 Å². The van der Waals surface area contributed by atoms with Crippen LogP contribution in [0.3, 0.4) is 0 Å². The van der Waals surface area contributed by atoms with Gasteiger partial charge in [0.1, 0.15) is 6.26 Å². The standard InChI is InChI=1S/C17H28N8O/c1-18-16(19-11-15-12-20-17(22(2)3)23(15)4)25-8-6-24(7-9-25)13-14-5-10-26-21-14/h5,10,12H,6-9,11,13H2,1-4H3,(H,18,19).